The Kier molecular flexibility index (Phi) is 3.21. The van der Waals surface area contributed by atoms with E-state index in [-0.39, 0.29) is 22.5 Å². The molecule has 1 aromatic heterocycles. The van der Waals surface area contributed by atoms with Crippen molar-refractivity contribution in [1.29, 1.82) is 0 Å². The molecule has 2 heterocycles. The van der Waals surface area contributed by atoms with Gasteiger partial charge in [-0.05, 0) is 0 Å². The summed E-state index contributed by atoms with van der Waals surface area (Å²) in [6.45, 7) is 1.43. The topological polar surface area (TPSA) is 73.7 Å². The van der Waals surface area contributed by atoms with Gasteiger partial charge in [0.1, 0.15) is 0 Å². The Hall–Kier alpha value is -1.34. The number of rotatable bonds is 2. The van der Waals surface area contributed by atoms with Gasteiger partial charge in [0, 0.05) is 20.1 Å². The van der Waals surface area contributed by atoms with Crippen LogP contribution in [0.1, 0.15) is 9.67 Å². The number of piperazine rings is 1. The molecule has 0 spiro atoms. The summed E-state index contributed by atoms with van der Waals surface area (Å²) in [5.41, 5.74) is 0. The van der Waals surface area contributed by atoms with Crippen molar-refractivity contribution in [2.45, 2.75) is 0 Å². The number of carboxylic acid groups (broad SMARTS) is 1. The fraction of sp³-hybridized carbons (Fsp3) is 0.444. The molecule has 0 unspecified atom stereocenters. The lowest BCUT2D eigenvalue weighted by atomic mass is 10.3. The molecule has 0 atom stereocenters. The number of anilines is 1. The van der Waals surface area contributed by atoms with Crippen LogP contribution in [0.5, 0.6) is 0 Å². The molecule has 2 rings (SSSR count). The highest BCUT2D eigenvalue weighted by atomic mass is 35.5. The van der Waals surface area contributed by atoms with Crippen molar-refractivity contribution in [2.24, 2.45) is 0 Å². The molecule has 0 radical (unpaired) electrons. The Morgan fingerprint density at radius 1 is 1.53 bits per heavy atom. The number of carboxylic acids is 1. The molecule has 1 fully saturated rings. The third kappa shape index (κ3) is 2.34. The average Bonchev–Trinajstić information content (AvgIpc) is 2.64. The lowest BCUT2D eigenvalue weighted by molar-refractivity contribution is -0.129. The molecule has 0 saturated carbocycles. The molecule has 1 aliphatic heterocycles. The molecule has 0 aliphatic carbocycles. The molecular formula is C9H10ClN3O3S. The first-order chi connectivity index (χ1) is 7.99. The largest absolute Gasteiger partial charge is 0.477 e. The van der Waals surface area contributed by atoms with Crippen LogP contribution >= 0.6 is 22.9 Å². The van der Waals surface area contributed by atoms with Gasteiger partial charge in [0.2, 0.25) is 5.91 Å². The van der Waals surface area contributed by atoms with Gasteiger partial charge in [-0.2, -0.15) is 0 Å². The van der Waals surface area contributed by atoms with Crippen molar-refractivity contribution in [3.05, 3.63) is 10.0 Å². The minimum absolute atomic E-state index is 0.00745. The van der Waals surface area contributed by atoms with Crippen molar-refractivity contribution < 1.29 is 14.7 Å². The maximum atomic E-state index is 11.5. The number of thiazole rings is 1. The first-order valence-corrected chi connectivity index (χ1v) is 6.07. The van der Waals surface area contributed by atoms with Crippen molar-refractivity contribution in [3.63, 3.8) is 0 Å². The van der Waals surface area contributed by atoms with Crippen molar-refractivity contribution in [2.75, 3.05) is 31.6 Å². The second-order valence-corrected chi connectivity index (χ2v) is 4.99. The number of hydrogen-bond donors (Lipinski definition) is 1. The van der Waals surface area contributed by atoms with E-state index in [1.165, 1.54) is 0 Å². The number of likely N-dealkylation sites (N-methyl/N-ethyl adjacent to an activating group) is 1. The average molecular weight is 276 g/mol. The minimum Gasteiger partial charge on any atom is -0.477 e. The first kappa shape index (κ1) is 12.1. The Labute approximate surface area is 106 Å². The van der Waals surface area contributed by atoms with E-state index < -0.39 is 5.97 Å². The number of aromatic nitrogens is 1. The summed E-state index contributed by atoms with van der Waals surface area (Å²) in [5.74, 6) is -1.11. The summed E-state index contributed by atoms with van der Waals surface area (Å²) in [4.78, 5) is 29.7. The number of carbonyl (C=O) groups excluding carboxylic acids is 1. The smallest absolute Gasteiger partial charge is 0.349 e. The Morgan fingerprint density at radius 3 is 2.76 bits per heavy atom. The summed E-state index contributed by atoms with van der Waals surface area (Å²) in [7, 11) is 1.73. The van der Waals surface area contributed by atoms with Crippen LogP contribution in [0.15, 0.2) is 0 Å². The zero-order valence-corrected chi connectivity index (χ0v) is 10.6. The molecule has 1 aromatic rings. The number of aromatic carboxylic acids is 1. The van der Waals surface area contributed by atoms with E-state index in [9.17, 15) is 9.59 Å². The van der Waals surface area contributed by atoms with E-state index in [4.69, 9.17) is 16.7 Å². The van der Waals surface area contributed by atoms with E-state index in [1.807, 2.05) is 0 Å². The van der Waals surface area contributed by atoms with Gasteiger partial charge in [0.05, 0.1) is 6.54 Å². The number of hydrogen-bond acceptors (Lipinski definition) is 5. The number of amides is 1. The summed E-state index contributed by atoms with van der Waals surface area (Å²) in [6.07, 6.45) is 0. The molecule has 1 saturated heterocycles. The molecule has 1 amide bonds. The van der Waals surface area contributed by atoms with Gasteiger partial charge in [-0.25, -0.2) is 9.78 Å². The van der Waals surface area contributed by atoms with E-state index in [2.05, 4.69) is 4.98 Å². The summed E-state index contributed by atoms with van der Waals surface area (Å²) >= 11 is 6.71. The SMILES string of the molecule is CN1CCN(c2nc(Cl)c(C(=O)O)s2)CC1=O. The Balaban J connectivity index is 2.21. The van der Waals surface area contributed by atoms with Crippen LogP contribution < -0.4 is 4.90 Å². The monoisotopic (exact) mass is 275 g/mol. The summed E-state index contributed by atoms with van der Waals surface area (Å²) < 4.78 is 0. The summed E-state index contributed by atoms with van der Waals surface area (Å²) in [5, 5.41) is 9.32. The van der Waals surface area contributed by atoms with E-state index in [0.717, 1.165) is 11.3 Å². The van der Waals surface area contributed by atoms with Gasteiger partial charge in [0.25, 0.3) is 0 Å². The highest BCUT2D eigenvalue weighted by Gasteiger charge is 2.25. The third-order valence-corrected chi connectivity index (χ3v) is 3.99. The highest BCUT2D eigenvalue weighted by molar-refractivity contribution is 7.18. The van der Waals surface area contributed by atoms with Gasteiger partial charge in [-0.3, -0.25) is 4.79 Å². The lowest BCUT2D eigenvalue weighted by Crippen LogP contribution is -2.48. The second kappa shape index (κ2) is 4.50. The predicted octanol–water partition coefficient (Wildman–Crippen LogP) is 0.773. The van der Waals surface area contributed by atoms with Gasteiger partial charge in [-0.15, -0.1) is 0 Å². The maximum absolute atomic E-state index is 11.5. The van der Waals surface area contributed by atoms with Gasteiger partial charge >= 0.3 is 5.97 Å². The number of halogens is 1. The molecular weight excluding hydrogens is 266 g/mol. The number of nitrogens with zero attached hydrogens (tertiary/aromatic N) is 3. The molecule has 0 bridgehead atoms. The Morgan fingerprint density at radius 2 is 2.24 bits per heavy atom. The van der Waals surface area contributed by atoms with Gasteiger partial charge in [0.15, 0.2) is 15.2 Å². The van der Waals surface area contributed by atoms with E-state index in [0.29, 0.717) is 18.2 Å². The zero-order chi connectivity index (χ0) is 12.6. The van der Waals surface area contributed by atoms with E-state index in [1.54, 1.807) is 16.8 Å². The molecule has 0 aromatic carbocycles. The molecule has 92 valence electrons. The van der Waals surface area contributed by atoms with Crippen molar-refractivity contribution in [1.82, 2.24) is 9.88 Å². The maximum Gasteiger partial charge on any atom is 0.349 e. The predicted molar refractivity (Wildman–Crippen MR) is 63.9 cm³/mol. The Bertz CT molecular complexity index is 476. The van der Waals surface area contributed by atoms with Crippen LogP contribution in [0.4, 0.5) is 5.13 Å². The normalized spacial score (nSPS) is 16.5. The summed E-state index contributed by atoms with van der Waals surface area (Å²) in [6, 6.07) is 0. The van der Waals surface area contributed by atoms with Crippen molar-refractivity contribution in [3.8, 4) is 0 Å². The standard InChI is InChI=1S/C9H10ClN3O3S/c1-12-2-3-13(4-5(12)14)9-11-7(10)6(17-9)8(15)16/h2-4H2,1H3,(H,15,16). The molecule has 6 nitrogen and oxygen atoms in total. The molecule has 8 heteroatoms. The molecule has 17 heavy (non-hydrogen) atoms. The van der Waals surface area contributed by atoms with Crippen LogP contribution in [-0.2, 0) is 4.79 Å². The zero-order valence-electron chi connectivity index (χ0n) is 9.01. The quantitative estimate of drug-likeness (QED) is 0.863. The van der Waals surface area contributed by atoms with Gasteiger partial charge < -0.3 is 14.9 Å². The fourth-order valence-corrected chi connectivity index (χ4v) is 2.63. The van der Waals surface area contributed by atoms with Gasteiger partial charge in [-0.1, -0.05) is 22.9 Å². The number of carbonyl (C=O) groups is 2. The second-order valence-electron chi connectivity index (χ2n) is 3.66. The van der Waals surface area contributed by atoms with Crippen LogP contribution in [0.2, 0.25) is 5.15 Å². The molecule has 1 aliphatic rings. The van der Waals surface area contributed by atoms with Crippen LogP contribution in [0.3, 0.4) is 0 Å². The van der Waals surface area contributed by atoms with Crippen molar-refractivity contribution >= 4 is 39.9 Å². The van der Waals surface area contributed by atoms with Crippen LogP contribution in [0, 0.1) is 0 Å². The fourth-order valence-electron chi connectivity index (χ4n) is 1.48. The van der Waals surface area contributed by atoms with Crippen LogP contribution in [-0.4, -0.2) is 53.5 Å². The van der Waals surface area contributed by atoms with Crippen LogP contribution in [0.25, 0.3) is 0 Å². The third-order valence-electron chi connectivity index (χ3n) is 2.50. The molecule has 1 N–H and O–H groups in total. The first-order valence-electron chi connectivity index (χ1n) is 4.87. The highest BCUT2D eigenvalue weighted by Crippen LogP contribution is 2.30. The minimum atomic E-state index is -1.10. The van der Waals surface area contributed by atoms with E-state index >= 15 is 0 Å². The lowest BCUT2D eigenvalue weighted by Gasteiger charge is -2.31.